The van der Waals surface area contributed by atoms with Gasteiger partial charge in [-0.1, -0.05) is 29.8 Å². The Labute approximate surface area is 91.5 Å². The van der Waals surface area contributed by atoms with Crippen LogP contribution in [-0.4, -0.2) is 17.3 Å². The highest BCUT2D eigenvalue weighted by Gasteiger charge is 2.11. The van der Waals surface area contributed by atoms with Gasteiger partial charge in [0, 0.05) is 28.7 Å². The van der Waals surface area contributed by atoms with Gasteiger partial charge in [-0.2, -0.15) is 0 Å². The molecular formula is C10H13ClN2S. The predicted octanol–water partition coefficient (Wildman–Crippen LogP) is 1.76. The number of hydrogen-bond donors (Lipinski definition) is 2. The smallest absolute Gasteiger partial charge is 0.0441 e. The first-order valence-corrected chi connectivity index (χ1v) is 6.39. The Kier molecular flexibility index (Phi) is 3.23. The monoisotopic (exact) mass is 228 g/mol. The van der Waals surface area contributed by atoms with Crippen LogP contribution in [0.1, 0.15) is 5.56 Å². The molecule has 0 amide bonds. The van der Waals surface area contributed by atoms with Crippen LogP contribution in [0.25, 0.3) is 0 Å². The standard InChI is InChI=1S/C10H13ClN2S/c11-9-4-2-1-3-8(9)7-10-13-5-6-14(10)12/h1-4,13H,5-7,12H2. The molecule has 0 saturated heterocycles. The molecule has 0 bridgehead atoms. The van der Waals surface area contributed by atoms with Crippen molar-refractivity contribution in [2.45, 2.75) is 6.42 Å². The van der Waals surface area contributed by atoms with Gasteiger partial charge in [0.15, 0.2) is 0 Å². The number of nitrogens with two attached hydrogens (primary N) is 1. The van der Waals surface area contributed by atoms with Crippen molar-refractivity contribution in [2.24, 2.45) is 5.14 Å². The van der Waals surface area contributed by atoms with Crippen LogP contribution < -0.4 is 10.5 Å². The maximum Gasteiger partial charge on any atom is 0.0441 e. The summed E-state index contributed by atoms with van der Waals surface area (Å²) < 4.78 is 0. The first kappa shape index (κ1) is 10.2. The molecule has 3 N–H and O–H groups in total. The Hall–Kier alpha value is -0.350. The Morgan fingerprint density at radius 1 is 1.43 bits per heavy atom. The largest absolute Gasteiger partial charge is 0.285 e. The average molecular weight is 229 g/mol. The Balaban J connectivity index is 2.19. The summed E-state index contributed by atoms with van der Waals surface area (Å²) in [5.41, 5.74) is 1.15. The number of hydrogen-bond acceptors (Lipinski definition) is 2. The van der Waals surface area contributed by atoms with Gasteiger partial charge in [-0.05, 0) is 11.6 Å². The van der Waals surface area contributed by atoms with Crippen molar-refractivity contribution >= 4 is 27.3 Å². The number of nitrogens with one attached hydrogen (secondary N) is 1. The zero-order valence-electron chi connectivity index (χ0n) is 7.79. The lowest BCUT2D eigenvalue weighted by atomic mass is 10.1. The molecule has 0 fully saturated rings. The molecule has 0 aromatic heterocycles. The molecule has 1 aliphatic rings. The normalized spacial score (nSPS) is 21.6. The topological polar surface area (TPSA) is 38.0 Å². The van der Waals surface area contributed by atoms with Gasteiger partial charge in [0.25, 0.3) is 0 Å². The quantitative estimate of drug-likeness (QED) is 0.758. The summed E-state index contributed by atoms with van der Waals surface area (Å²) in [6.45, 7) is 0.999. The van der Waals surface area contributed by atoms with Crippen molar-refractivity contribution in [1.29, 1.82) is 0 Å². The third-order valence-electron chi connectivity index (χ3n) is 2.27. The Morgan fingerprint density at radius 3 is 2.86 bits per heavy atom. The molecule has 0 spiro atoms. The van der Waals surface area contributed by atoms with Crippen LogP contribution in [0.3, 0.4) is 0 Å². The molecule has 4 heteroatoms. The van der Waals surface area contributed by atoms with Crippen LogP contribution in [0, 0.1) is 0 Å². The van der Waals surface area contributed by atoms with E-state index in [1.165, 1.54) is 4.99 Å². The molecule has 1 atom stereocenters. The van der Waals surface area contributed by atoms with Gasteiger partial charge in [-0.15, -0.1) is 10.7 Å². The van der Waals surface area contributed by atoms with E-state index in [0.29, 0.717) is 0 Å². The van der Waals surface area contributed by atoms with E-state index < -0.39 is 0 Å². The van der Waals surface area contributed by atoms with Crippen LogP contribution in [0.15, 0.2) is 24.3 Å². The van der Waals surface area contributed by atoms with Crippen molar-refractivity contribution in [3.63, 3.8) is 0 Å². The van der Waals surface area contributed by atoms with Gasteiger partial charge in [0.05, 0.1) is 0 Å². The molecule has 76 valence electrons. The molecule has 0 aliphatic carbocycles. The van der Waals surface area contributed by atoms with Crippen molar-refractivity contribution in [3.8, 4) is 0 Å². The highest BCUT2D eigenvalue weighted by Crippen LogP contribution is 2.19. The SMILES string of the molecule is NS1=C(Cc2ccccc2Cl)NCC1. The Bertz CT molecular complexity index is 376. The second kappa shape index (κ2) is 4.45. The molecule has 1 aromatic carbocycles. The molecular weight excluding hydrogens is 216 g/mol. The van der Waals surface area contributed by atoms with Crippen LogP contribution in [-0.2, 0) is 6.42 Å². The van der Waals surface area contributed by atoms with E-state index in [1.807, 2.05) is 24.3 Å². The fraction of sp³-hybridized carbons (Fsp3) is 0.300. The highest BCUT2D eigenvalue weighted by atomic mass is 35.5. The lowest BCUT2D eigenvalue weighted by Gasteiger charge is -2.06. The van der Waals surface area contributed by atoms with Gasteiger partial charge in [0.2, 0.25) is 0 Å². The van der Waals surface area contributed by atoms with E-state index >= 15 is 0 Å². The third-order valence-corrected chi connectivity index (χ3v) is 4.20. The summed E-state index contributed by atoms with van der Waals surface area (Å²) in [5, 5.41) is 10.1. The molecule has 1 aromatic rings. The fourth-order valence-corrected chi connectivity index (χ4v) is 2.89. The van der Waals surface area contributed by atoms with Crippen molar-refractivity contribution < 1.29 is 0 Å². The van der Waals surface area contributed by atoms with Crippen LogP contribution in [0.2, 0.25) is 5.02 Å². The summed E-state index contributed by atoms with van der Waals surface area (Å²) in [6, 6.07) is 7.92. The van der Waals surface area contributed by atoms with Crippen molar-refractivity contribution in [1.82, 2.24) is 5.32 Å². The van der Waals surface area contributed by atoms with Crippen LogP contribution >= 0.6 is 22.3 Å². The van der Waals surface area contributed by atoms with E-state index in [4.69, 9.17) is 16.7 Å². The average Bonchev–Trinajstić information content (AvgIpc) is 2.56. The van der Waals surface area contributed by atoms with Crippen molar-refractivity contribution in [2.75, 3.05) is 12.3 Å². The predicted molar refractivity (Wildman–Crippen MR) is 64.8 cm³/mol. The maximum absolute atomic E-state index is 6.07. The lowest BCUT2D eigenvalue weighted by Crippen LogP contribution is -2.21. The summed E-state index contributed by atoms with van der Waals surface area (Å²) in [6.07, 6.45) is 0.860. The molecule has 1 aliphatic heterocycles. The number of benzene rings is 1. The van der Waals surface area contributed by atoms with E-state index in [0.717, 1.165) is 29.3 Å². The second-order valence-electron chi connectivity index (χ2n) is 3.25. The van der Waals surface area contributed by atoms with Gasteiger partial charge in [-0.25, -0.2) is 0 Å². The summed E-state index contributed by atoms with van der Waals surface area (Å²) in [4.78, 5) is 1.23. The first-order valence-electron chi connectivity index (χ1n) is 4.56. The van der Waals surface area contributed by atoms with Gasteiger partial charge >= 0.3 is 0 Å². The lowest BCUT2D eigenvalue weighted by molar-refractivity contribution is 0.990. The van der Waals surface area contributed by atoms with Crippen LogP contribution in [0.5, 0.6) is 0 Å². The minimum atomic E-state index is -0.0725. The second-order valence-corrected chi connectivity index (χ2v) is 5.42. The van der Waals surface area contributed by atoms with E-state index in [-0.39, 0.29) is 10.7 Å². The van der Waals surface area contributed by atoms with E-state index in [1.54, 1.807) is 0 Å². The van der Waals surface area contributed by atoms with E-state index in [9.17, 15) is 0 Å². The molecule has 1 unspecified atom stereocenters. The fourth-order valence-electron chi connectivity index (χ4n) is 1.49. The molecule has 14 heavy (non-hydrogen) atoms. The molecule has 0 radical (unpaired) electrons. The number of rotatable bonds is 2. The zero-order valence-corrected chi connectivity index (χ0v) is 9.37. The third kappa shape index (κ3) is 2.17. The maximum atomic E-state index is 6.07. The molecule has 2 rings (SSSR count). The molecule has 0 saturated carbocycles. The van der Waals surface area contributed by atoms with Crippen LogP contribution in [0.4, 0.5) is 0 Å². The molecule has 1 heterocycles. The number of halogens is 1. The minimum Gasteiger partial charge on any atom is -0.285 e. The first-order chi connectivity index (χ1) is 6.77. The molecule has 2 nitrogen and oxygen atoms in total. The Morgan fingerprint density at radius 2 is 2.21 bits per heavy atom. The minimum absolute atomic E-state index is 0.0725. The summed E-state index contributed by atoms with van der Waals surface area (Å²) in [7, 11) is -0.0725. The van der Waals surface area contributed by atoms with Gasteiger partial charge < -0.3 is 0 Å². The van der Waals surface area contributed by atoms with Gasteiger partial charge in [-0.3, -0.25) is 10.5 Å². The zero-order chi connectivity index (χ0) is 9.97. The van der Waals surface area contributed by atoms with Crippen molar-refractivity contribution in [3.05, 3.63) is 34.9 Å². The highest BCUT2D eigenvalue weighted by molar-refractivity contribution is 8.14. The van der Waals surface area contributed by atoms with E-state index in [2.05, 4.69) is 5.32 Å². The summed E-state index contributed by atoms with van der Waals surface area (Å²) >= 11 is 6.07. The van der Waals surface area contributed by atoms with Gasteiger partial charge in [0.1, 0.15) is 0 Å². The summed E-state index contributed by atoms with van der Waals surface area (Å²) in [5.74, 6) is 1.06.